The SMILES string of the molecule is c1ccc2sc(-n3c4ccccc4c4ccc5sccc5c43)cc2c1. The number of benzene rings is 3. The smallest absolute Gasteiger partial charge is 0.101 e. The number of thiophene rings is 2. The highest BCUT2D eigenvalue weighted by Gasteiger charge is 2.16. The molecule has 0 spiro atoms. The summed E-state index contributed by atoms with van der Waals surface area (Å²) in [6, 6.07) is 26.5. The number of hydrogen-bond acceptors (Lipinski definition) is 2. The van der Waals surface area contributed by atoms with Gasteiger partial charge in [0.2, 0.25) is 0 Å². The zero-order chi connectivity index (χ0) is 16.4. The molecule has 3 aromatic heterocycles. The van der Waals surface area contributed by atoms with E-state index in [1.54, 1.807) is 0 Å². The van der Waals surface area contributed by atoms with Crippen molar-refractivity contribution in [2.75, 3.05) is 0 Å². The zero-order valence-electron chi connectivity index (χ0n) is 13.3. The highest BCUT2D eigenvalue weighted by molar-refractivity contribution is 7.21. The average molecular weight is 355 g/mol. The lowest BCUT2D eigenvalue weighted by Crippen LogP contribution is -1.90. The van der Waals surface area contributed by atoms with Crippen LogP contribution in [-0.4, -0.2) is 4.57 Å². The molecule has 118 valence electrons. The minimum Gasteiger partial charge on any atom is -0.300 e. The highest BCUT2D eigenvalue weighted by atomic mass is 32.1. The number of fused-ring (bicyclic) bond motifs is 6. The Morgan fingerprint density at radius 1 is 0.680 bits per heavy atom. The van der Waals surface area contributed by atoms with Gasteiger partial charge in [-0.1, -0.05) is 42.5 Å². The van der Waals surface area contributed by atoms with Crippen LogP contribution in [-0.2, 0) is 0 Å². The Kier molecular flexibility index (Phi) is 2.70. The number of aromatic nitrogens is 1. The maximum Gasteiger partial charge on any atom is 0.101 e. The molecule has 1 nitrogen and oxygen atoms in total. The lowest BCUT2D eigenvalue weighted by atomic mass is 10.1. The third-order valence-electron chi connectivity index (χ3n) is 4.90. The molecule has 0 radical (unpaired) electrons. The molecule has 6 aromatic rings. The summed E-state index contributed by atoms with van der Waals surface area (Å²) < 4.78 is 5.13. The number of rotatable bonds is 1. The molecule has 3 heteroatoms. The third kappa shape index (κ3) is 1.82. The van der Waals surface area contributed by atoms with Crippen LogP contribution in [0.15, 0.2) is 78.2 Å². The van der Waals surface area contributed by atoms with E-state index >= 15 is 0 Å². The molecular formula is C22H13NS2. The Labute approximate surface area is 152 Å². The molecule has 0 bridgehead atoms. The standard InChI is InChI=1S/C22H13NS2/c1-4-8-19-14(5-1)13-21(25-19)23-18-7-3-2-6-15(18)16-9-10-20-17(22(16)23)11-12-24-20/h1-13H. The molecule has 0 aliphatic heterocycles. The van der Waals surface area contributed by atoms with Crippen LogP contribution < -0.4 is 0 Å². The van der Waals surface area contributed by atoms with E-state index < -0.39 is 0 Å². The normalized spacial score (nSPS) is 12.0. The van der Waals surface area contributed by atoms with Crippen LogP contribution in [0.25, 0.3) is 47.0 Å². The fraction of sp³-hybridized carbons (Fsp3) is 0. The minimum absolute atomic E-state index is 1.28. The predicted octanol–water partition coefficient (Wildman–Crippen LogP) is 7.21. The molecule has 6 rings (SSSR count). The fourth-order valence-corrected chi connectivity index (χ4v) is 5.68. The van der Waals surface area contributed by atoms with E-state index in [1.165, 1.54) is 47.0 Å². The summed E-state index contributed by atoms with van der Waals surface area (Å²) in [7, 11) is 0. The lowest BCUT2D eigenvalue weighted by Gasteiger charge is -2.05. The van der Waals surface area contributed by atoms with Crippen LogP contribution in [0.5, 0.6) is 0 Å². The van der Waals surface area contributed by atoms with Gasteiger partial charge in [0.15, 0.2) is 0 Å². The molecule has 0 amide bonds. The zero-order valence-corrected chi connectivity index (χ0v) is 14.9. The minimum atomic E-state index is 1.28. The predicted molar refractivity (Wildman–Crippen MR) is 112 cm³/mol. The van der Waals surface area contributed by atoms with E-state index in [4.69, 9.17) is 0 Å². The molecule has 0 N–H and O–H groups in total. The number of hydrogen-bond donors (Lipinski definition) is 0. The van der Waals surface area contributed by atoms with E-state index in [9.17, 15) is 0 Å². The van der Waals surface area contributed by atoms with Gasteiger partial charge in [-0.3, -0.25) is 4.57 Å². The summed E-state index contributed by atoms with van der Waals surface area (Å²) in [5, 5.41) is 8.78. The summed E-state index contributed by atoms with van der Waals surface area (Å²) in [6.07, 6.45) is 0. The Morgan fingerprint density at radius 3 is 2.52 bits per heavy atom. The van der Waals surface area contributed by atoms with Crippen molar-refractivity contribution in [3.8, 4) is 5.00 Å². The Balaban J connectivity index is 1.87. The van der Waals surface area contributed by atoms with Gasteiger partial charge in [0.25, 0.3) is 0 Å². The van der Waals surface area contributed by atoms with Crippen LogP contribution in [0.4, 0.5) is 0 Å². The third-order valence-corrected chi connectivity index (χ3v) is 6.88. The van der Waals surface area contributed by atoms with E-state index in [0.717, 1.165) is 0 Å². The highest BCUT2D eigenvalue weighted by Crippen LogP contribution is 2.40. The molecule has 25 heavy (non-hydrogen) atoms. The maximum atomic E-state index is 2.45. The molecule has 0 aliphatic rings. The molecule has 3 heterocycles. The first kappa shape index (κ1) is 13.6. The Hall–Kier alpha value is -2.62. The largest absolute Gasteiger partial charge is 0.300 e. The van der Waals surface area contributed by atoms with Crippen molar-refractivity contribution in [2.24, 2.45) is 0 Å². The number of para-hydroxylation sites is 1. The molecule has 0 saturated carbocycles. The van der Waals surface area contributed by atoms with Crippen LogP contribution in [0.3, 0.4) is 0 Å². The summed E-state index contributed by atoms with van der Waals surface area (Å²) >= 11 is 3.67. The molecular weight excluding hydrogens is 342 g/mol. The summed E-state index contributed by atoms with van der Waals surface area (Å²) in [5.41, 5.74) is 2.61. The topological polar surface area (TPSA) is 4.93 Å². The summed E-state index contributed by atoms with van der Waals surface area (Å²) in [6.45, 7) is 0. The second kappa shape index (κ2) is 4.94. The number of nitrogens with zero attached hydrogens (tertiary/aromatic N) is 1. The maximum absolute atomic E-state index is 2.45. The van der Waals surface area contributed by atoms with E-state index in [2.05, 4.69) is 82.7 Å². The van der Waals surface area contributed by atoms with Gasteiger partial charge in [-0.05, 0) is 41.1 Å². The molecule has 3 aromatic carbocycles. The van der Waals surface area contributed by atoms with Gasteiger partial charge in [0.05, 0.1) is 11.0 Å². The fourth-order valence-electron chi connectivity index (χ4n) is 3.81. The van der Waals surface area contributed by atoms with Crippen molar-refractivity contribution in [3.63, 3.8) is 0 Å². The van der Waals surface area contributed by atoms with Gasteiger partial charge in [-0.2, -0.15) is 0 Å². The van der Waals surface area contributed by atoms with Gasteiger partial charge in [0.1, 0.15) is 5.00 Å². The molecule has 0 saturated heterocycles. The van der Waals surface area contributed by atoms with Crippen molar-refractivity contribution in [2.45, 2.75) is 0 Å². The van der Waals surface area contributed by atoms with Crippen molar-refractivity contribution in [3.05, 3.63) is 78.2 Å². The van der Waals surface area contributed by atoms with Crippen LogP contribution >= 0.6 is 22.7 Å². The van der Waals surface area contributed by atoms with Gasteiger partial charge < -0.3 is 0 Å². The summed E-state index contributed by atoms with van der Waals surface area (Å²) in [5.74, 6) is 0. The monoisotopic (exact) mass is 355 g/mol. The molecule has 0 atom stereocenters. The van der Waals surface area contributed by atoms with E-state index in [0.29, 0.717) is 0 Å². The van der Waals surface area contributed by atoms with Crippen molar-refractivity contribution in [1.29, 1.82) is 0 Å². The van der Waals surface area contributed by atoms with E-state index in [1.807, 2.05) is 22.7 Å². The van der Waals surface area contributed by atoms with Crippen LogP contribution in [0.2, 0.25) is 0 Å². The quantitative estimate of drug-likeness (QED) is 0.293. The first-order valence-corrected chi connectivity index (χ1v) is 9.98. The van der Waals surface area contributed by atoms with Crippen molar-refractivity contribution in [1.82, 2.24) is 4.57 Å². The van der Waals surface area contributed by atoms with Gasteiger partial charge in [-0.25, -0.2) is 0 Å². The average Bonchev–Trinajstić information content (AvgIpc) is 3.35. The molecule has 0 unspecified atom stereocenters. The van der Waals surface area contributed by atoms with Crippen molar-refractivity contribution < 1.29 is 0 Å². The lowest BCUT2D eigenvalue weighted by molar-refractivity contribution is 1.23. The second-order valence-electron chi connectivity index (χ2n) is 6.27. The Morgan fingerprint density at radius 2 is 1.56 bits per heavy atom. The molecule has 0 fully saturated rings. The van der Waals surface area contributed by atoms with E-state index in [-0.39, 0.29) is 0 Å². The summed E-state index contributed by atoms with van der Waals surface area (Å²) in [4.78, 5) is 0. The van der Waals surface area contributed by atoms with Gasteiger partial charge in [-0.15, -0.1) is 22.7 Å². The first-order valence-electron chi connectivity index (χ1n) is 8.28. The second-order valence-corrected chi connectivity index (χ2v) is 8.28. The molecule has 0 aliphatic carbocycles. The van der Waals surface area contributed by atoms with Crippen LogP contribution in [0, 0.1) is 0 Å². The first-order chi connectivity index (χ1) is 12.4. The van der Waals surface area contributed by atoms with Gasteiger partial charge >= 0.3 is 0 Å². The van der Waals surface area contributed by atoms with Crippen LogP contribution in [0.1, 0.15) is 0 Å². The van der Waals surface area contributed by atoms with Gasteiger partial charge in [0, 0.05) is 25.6 Å². The van der Waals surface area contributed by atoms with Crippen molar-refractivity contribution >= 4 is 64.7 Å². The Bertz CT molecular complexity index is 1360.